The topological polar surface area (TPSA) is 192 Å². The van der Waals surface area contributed by atoms with Crippen molar-refractivity contribution in [3.05, 3.63) is 119 Å². The zero-order valence-corrected chi connectivity index (χ0v) is 32.3. The Kier molecular flexibility index (Phi) is 12.6. The van der Waals surface area contributed by atoms with E-state index in [1.165, 1.54) is 97.1 Å². The number of hydrogen-bond acceptors (Lipinski definition) is 14. The van der Waals surface area contributed by atoms with E-state index in [4.69, 9.17) is 26.2 Å². The standard InChI is InChI=1S/C35H38O14S4/c1-24-5-13-28(14-6-24)50(36,37)46-21-32(48-52(40,41)30-17-9-26(3)10-18-30)34-35(45-23-44-34)33(49-53(42,43)31-19-11-27(4)12-20-31)22-47-51(38,39)29-15-7-25(2)8-16-29/h5-20,32-35H,21-23H2,1-4H3/t32-,33+,34+,35-. The first-order valence-corrected chi connectivity index (χ1v) is 21.6. The lowest BCUT2D eigenvalue weighted by Gasteiger charge is -2.30. The van der Waals surface area contributed by atoms with Gasteiger partial charge in [-0.15, -0.1) is 0 Å². The molecular weight excluding hydrogens is 773 g/mol. The van der Waals surface area contributed by atoms with Crippen molar-refractivity contribution >= 4 is 40.5 Å². The normalized spacial score (nSPS) is 18.1. The quantitative estimate of drug-likeness (QED) is 0.145. The fraction of sp³-hybridized carbons (Fsp3) is 0.314. The number of ether oxygens (including phenoxy) is 2. The third-order valence-corrected chi connectivity index (χ3v) is 13.4. The minimum absolute atomic E-state index is 0.233. The Morgan fingerprint density at radius 3 is 0.962 bits per heavy atom. The smallest absolute Gasteiger partial charge is 0.297 e. The van der Waals surface area contributed by atoms with Crippen molar-refractivity contribution in [1.29, 1.82) is 0 Å². The second-order valence-electron chi connectivity index (χ2n) is 12.3. The van der Waals surface area contributed by atoms with Crippen molar-refractivity contribution in [3.8, 4) is 0 Å². The van der Waals surface area contributed by atoms with E-state index in [1.807, 2.05) is 0 Å². The summed E-state index contributed by atoms with van der Waals surface area (Å²) in [6.45, 7) is 4.47. The fourth-order valence-electron chi connectivity index (χ4n) is 5.08. The minimum Gasteiger partial charge on any atom is -0.346 e. The zero-order valence-electron chi connectivity index (χ0n) is 29.0. The van der Waals surface area contributed by atoms with E-state index in [0.29, 0.717) is 0 Å². The van der Waals surface area contributed by atoms with Crippen molar-refractivity contribution in [1.82, 2.24) is 0 Å². The van der Waals surface area contributed by atoms with Gasteiger partial charge in [-0.05, 0) is 76.2 Å². The molecule has 0 N–H and O–H groups in total. The summed E-state index contributed by atoms with van der Waals surface area (Å²) < 4.78 is 140. The molecule has 1 aliphatic rings. The van der Waals surface area contributed by atoms with Gasteiger partial charge in [-0.25, -0.2) is 0 Å². The molecule has 1 aliphatic heterocycles. The van der Waals surface area contributed by atoms with Crippen LogP contribution in [-0.4, -0.2) is 78.1 Å². The molecule has 0 unspecified atom stereocenters. The maximum absolute atomic E-state index is 13.5. The molecule has 1 saturated heterocycles. The summed E-state index contributed by atoms with van der Waals surface area (Å²) in [7, 11) is -18.3. The Balaban J connectivity index is 1.51. The third kappa shape index (κ3) is 10.4. The second kappa shape index (κ2) is 16.4. The van der Waals surface area contributed by atoms with Crippen LogP contribution in [0, 0.1) is 27.7 Å². The number of hydrogen-bond donors (Lipinski definition) is 0. The highest BCUT2D eigenvalue weighted by atomic mass is 32.2. The van der Waals surface area contributed by atoms with Crippen LogP contribution in [0.1, 0.15) is 22.3 Å². The third-order valence-electron chi connectivity index (χ3n) is 8.09. The van der Waals surface area contributed by atoms with Gasteiger partial charge in [0.2, 0.25) is 0 Å². The van der Waals surface area contributed by atoms with Gasteiger partial charge in [0.05, 0.1) is 32.8 Å². The molecule has 53 heavy (non-hydrogen) atoms. The van der Waals surface area contributed by atoms with Crippen molar-refractivity contribution in [2.24, 2.45) is 0 Å². The Morgan fingerprint density at radius 1 is 0.453 bits per heavy atom. The summed E-state index contributed by atoms with van der Waals surface area (Å²) in [4.78, 5) is -1.04. The van der Waals surface area contributed by atoms with Crippen molar-refractivity contribution in [2.75, 3.05) is 20.0 Å². The lowest BCUT2D eigenvalue weighted by Crippen LogP contribution is -2.49. The number of benzene rings is 4. The summed E-state index contributed by atoms with van der Waals surface area (Å²) in [5.74, 6) is 0. The van der Waals surface area contributed by atoms with Gasteiger partial charge < -0.3 is 9.47 Å². The fourth-order valence-corrected chi connectivity index (χ4v) is 9.06. The average molecular weight is 811 g/mol. The molecule has 5 rings (SSSR count). The second-order valence-corrected chi connectivity index (χ2v) is 18.7. The Morgan fingerprint density at radius 2 is 0.698 bits per heavy atom. The van der Waals surface area contributed by atoms with E-state index in [2.05, 4.69) is 0 Å². The first kappa shape index (κ1) is 40.6. The largest absolute Gasteiger partial charge is 0.346 e. The SMILES string of the molecule is Cc1ccc(S(=O)(=O)OC[C@H](OS(=O)(=O)c2ccc(C)cc2)[C@H]2OCO[C@H]2[C@@H](COS(=O)(=O)c2ccc(C)cc2)OS(=O)(=O)c2ccc(C)cc2)cc1. The van der Waals surface area contributed by atoms with E-state index in [0.717, 1.165) is 22.3 Å². The van der Waals surface area contributed by atoms with Gasteiger partial charge in [0.25, 0.3) is 40.5 Å². The van der Waals surface area contributed by atoms with Crippen LogP contribution in [-0.2, 0) is 66.7 Å². The van der Waals surface area contributed by atoms with Gasteiger partial charge in [-0.3, -0.25) is 16.7 Å². The molecule has 0 aromatic heterocycles. The first-order valence-electron chi connectivity index (χ1n) is 16.0. The molecule has 0 aliphatic carbocycles. The zero-order chi connectivity index (χ0) is 38.6. The van der Waals surface area contributed by atoms with Gasteiger partial charge >= 0.3 is 0 Å². The van der Waals surface area contributed by atoms with E-state index < -0.39 is 84.9 Å². The summed E-state index contributed by atoms with van der Waals surface area (Å²) in [6, 6.07) is 22.5. The van der Waals surface area contributed by atoms with Crippen LogP contribution < -0.4 is 0 Å². The van der Waals surface area contributed by atoms with Gasteiger partial charge in [0.15, 0.2) is 0 Å². The monoisotopic (exact) mass is 810 g/mol. The molecule has 4 aromatic carbocycles. The highest BCUT2D eigenvalue weighted by Crippen LogP contribution is 2.30. The summed E-state index contributed by atoms with van der Waals surface area (Å²) >= 11 is 0. The molecule has 14 nitrogen and oxygen atoms in total. The van der Waals surface area contributed by atoms with Gasteiger partial charge in [0, 0.05) is 0 Å². The minimum atomic E-state index is -4.65. The maximum atomic E-state index is 13.5. The van der Waals surface area contributed by atoms with E-state index in [9.17, 15) is 33.7 Å². The summed E-state index contributed by atoms with van der Waals surface area (Å²) in [6.07, 6.45) is -6.88. The molecule has 0 amide bonds. The van der Waals surface area contributed by atoms with Crippen LogP contribution in [0.2, 0.25) is 0 Å². The molecular formula is C35H38O14S4. The molecule has 0 radical (unpaired) electrons. The van der Waals surface area contributed by atoms with Gasteiger partial charge in [0.1, 0.15) is 31.2 Å². The molecule has 286 valence electrons. The van der Waals surface area contributed by atoms with Crippen LogP contribution in [0.25, 0.3) is 0 Å². The molecule has 0 saturated carbocycles. The molecule has 0 spiro atoms. The average Bonchev–Trinajstić information content (AvgIpc) is 3.59. The lowest BCUT2D eigenvalue weighted by molar-refractivity contribution is -0.0368. The van der Waals surface area contributed by atoms with Crippen LogP contribution in [0.5, 0.6) is 0 Å². The van der Waals surface area contributed by atoms with Crippen LogP contribution in [0.3, 0.4) is 0 Å². The van der Waals surface area contributed by atoms with Crippen LogP contribution in [0.15, 0.2) is 117 Å². The maximum Gasteiger partial charge on any atom is 0.297 e. The van der Waals surface area contributed by atoms with Gasteiger partial charge in [-0.1, -0.05) is 70.8 Å². The summed E-state index contributed by atoms with van der Waals surface area (Å²) in [5.41, 5.74) is 3.03. The highest BCUT2D eigenvalue weighted by molar-refractivity contribution is 7.87. The van der Waals surface area contributed by atoms with Gasteiger partial charge in [-0.2, -0.15) is 33.7 Å². The van der Waals surface area contributed by atoms with E-state index >= 15 is 0 Å². The molecule has 18 heteroatoms. The lowest BCUT2D eigenvalue weighted by atomic mass is 10.0. The Labute approximate surface area is 310 Å². The number of aryl methyl sites for hydroxylation is 4. The highest BCUT2D eigenvalue weighted by Gasteiger charge is 2.47. The molecule has 1 heterocycles. The van der Waals surface area contributed by atoms with Crippen molar-refractivity contribution in [3.63, 3.8) is 0 Å². The molecule has 1 fully saturated rings. The van der Waals surface area contributed by atoms with E-state index in [-0.39, 0.29) is 19.6 Å². The van der Waals surface area contributed by atoms with Crippen LogP contribution >= 0.6 is 0 Å². The number of rotatable bonds is 16. The Hall–Kier alpha value is -3.56. The predicted molar refractivity (Wildman–Crippen MR) is 190 cm³/mol. The van der Waals surface area contributed by atoms with Crippen LogP contribution in [0.4, 0.5) is 0 Å². The summed E-state index contributed by atoms with van der Waals surface area (Å²) in [5, 5.41) is 0. The predicted octanol–water partition coefficient (Wildman–Crippen LogP) is 4.32. The van der Waals surface area contributed by atoms with E-state index in [1.54, 1.807) is 27.7 Å². The van der Waals surface area contributed by atoms with Crippen molar-refractivity contribution < 1.29 is 59.9 Å². The Bertz CT molecular complexity index is 2140. The molecule has 4 atom stereocenters. The molecule has 4 aromatic rings. The van der Waals surface area contributed by atoms with Crippen molar-refractivity contribution in [2.45, 2.75) is 71.7 Å². The first-order chi connectivity index (χ1) is 24.9. The molecule has 0 bridgehead atoms.